The number of anilines is 2. The van der Waals surface area contributed by atoms with Crippen LogP contribution < -0.4 is 10.6 Å². The molecular formula is C16H19N3O. The molecule has 0 fully saturated rings. The van der Waals surface area contributed by atoms with Crippen molar-refractivity contribution < 1.29 is 4.79 Å². The highest BCUT2D eigenvalue weighted by molar-refractivity contribution is 6.03. The minimum atomic E-state index is -0.148. The standard InChI is InChI=1S/C16H19N3O/c1-4-17-14-7-5-13(6-8-14)16(20)19-15-10-11(2)9-12(3)18-15/h5-10,17H,4H2,1-3H3,(H,18,19,20). The van der Waals surface area contributed by atoms with Crippen molar-refractivity contribution in [2.24, 2.45) is 0 Å². The van der Waals surface area contributed by atoms with Crippen LogP contribution >= 0.6 is 0 Å². The minimum absolute atomic E-state index is 0.148. The van der Waals surface area contributed by atoms with E-state index in [-0.39, 0.29) is 5.91 Å². The summed E-state index contributed by atoms with van der Waals surface area (Å²) < 4.78 is 0. The first-order valence-corrected chi connectivity index (χ1v) is 6.69. The van der Waals surface area contributed by atoms with Gasteiger partial charge in [0, 0.05) is 23.5 Å². The van der Waals surface area contributed by atoms with Gasteiger partial charge in [0.05, 0.1) is 0 Å². The number of carbonyl (C=O) groups is 1. The van der Waals surface area contributed by atoms with Crippen molar-refractivity contribution in [3.8, 4) is 0 Å². The number of hydrogen-bond acceptors (Lipinski definition) is 3. The minimum Gasteiger partial charge on any atom is -0.385 e. The van der Waals surface area contributed by atoms with Gasteiger partial charge in [-0.15, -0.1) is 0 Å². The summed E-state index contributed by atoms with van der Waals surface area (Å²) >= 11 is 0. The molecule has 0 unspecified atom stereocenters. The molecule has 1 amide bonds. The van der Waals surface area contributed by atoms with Gasteiger partial charge in [0.2, 0.25) is 0 Å². The molecule has 0 aliphatic heterocycles. The number of rotatable bonds is 4. The first-order chi connectivity index (χ1) is 9.58. The molecule has 2 N–H and O–H groups in total. The van der Waals surface area contributed by atoms with E-state index < -0.39 is 0 Å². The van der Waals surface area contributed by atoms with Gasteiger partial charge >= 0.3 is 0 Å². The molecule has 1 aromatic heterocycles. The second-order valence-electron chi connectivity index (χ2n) is 4.73. The maximum Gasteiger partial charge on any atom is 0.256 e. The molecule has 0 spiro atoms. The average molecular weight is 269 g/mol. The van der Waals surface area contributed by atoms with Gasteiger partial charge in [-0.05, 0) is 62.7 Å². The zero-order valence-corrected chi connectivity index (χ0v) is 12.0. The average Bonchev–Trinajstić information content (AvgIpc) is 2.38. The molecule has 1 aromatic carbocycles. The zero-order valence-electron chi connectivity index (χ0n) is 12.0. The van der Waals surface area contributed by atoms with Crippen molar-refractivity contribution in [3.05, 3.63) is 53.2 Å². The molecule has 2 aromatic rings. The van der Waals surface area contributed by atoms with E-state index in [0.29, 0.717) is 11.4 Å². The lowest BCUT2D eigenvalue weighted by Crippen LogP contribution is -2.13. The van der Waals surface area contributed by atoms with Crippen molar-refractivity contribution in [1.29, 1.82) is 0 Å². The van der Waals surface area contributed by atoms with E-state index in [1.54, 1.807) is 12.1 Å². The predicted octanol–water partition coefficient (Wildman–Crippen LogP) is 3.38. The second kappa shape index (κ2) is 6.19. The normalized spacial score (nSPS) is 10.2. The van der Waals surface area contributed by atoms with Gasteiger partial charge in [-0.2, -0.15) is 0 Å². The lowest BCUT2D eigenvalue weighted by atomic mass is 10.2. The lowest BCUT2D eigenvalue weighted by Gasteiger charge is -2.08. The molecule has 0 aliphatic carbocycles. The lowest BCUT2D eigenvalue weighted by molar-refractivity contribution is 0.102. The predicted molar refractivity (Wildman–Crippen MR) is 82.3 cm³/mol. The van der Waals surface area contributed by atoms with Gasteiger partial charge in [0.25, 0.3) is 5.91 Å². The number of nitrogens with zero attached hydrogens (tertiary/aromatic N) is 1. The summed E-state index contributed by atoms with van der Waals surface area (Å²) in [7, 11) is 0. The quantitative estimate of drug-likeness (QED) is 0.894. The third-order valence-electron chi connectivity index (χ3n) is 2.87. The van der Waals surface area contributed by atoms with Crippen LogP contribution in [0.4, 0.5) is 11.5 Å². The molecule has 0 saturated carbocycles. The third kappa shape index (κ3) is 3.57. The van der Waals surface area contributed by atoms with Gasteiger partial charge in [0.15, 0.2) is 0 Å². The Labute approximate surface area is 119 Å². The molecule has 4 nitrogen and oxygen atoms in total. The first-order valence-electron chi connectivity index (χ1n) is 6.69. The monoisotopic (exact) mass is 269 g/mol. The van der Waals surface area contributed by atoms with Crippen LogP contribution in [0, 0.1) is 13.8 Å². The number of benzene rings is 1. The Bertz CT molecular complexity index is 585. The van der Waals surface area contributed by atoms with Crippen LogP contribution in [0.1, 0.15) is 28.5 Å². The number of nitrogens with one attached hydrogen (secondary N) is 2. The van der Waals surface area contributed by atoms with Gasteiger partial charge in [0.1, 0.15) is 5.82 Å². The van der Waals surface area contributed by atoms with Crippen LogP contribution in [-0.2, 0) is 0 Å². The van der Waals surface area contributed by atoms with Crippen molar-refractivity contribution >= 4 is 17.4 Å². The Balaban J connectivity index is 2.11. The van der Waals surface area contributed by atoms with Crippen molar-refractivity contribution in [2.45, 2.75) is 20.8 Å². The Hall–Kier alpha value is -2.36. The van der Waals surface area contributed by atoms with Crippen molar-refractivity contribution in [2.75, 3.05) is 17.2 Å². The highest BCUT2D eigenvalue weighted by Crippen LogP contribution is 2.13. The molecule has 0 atom stereocenters. The van der Waals surface area contributed by atoms with Crippen LogP contribution in [0.25, 0.3) is 0 Å². The van der Waals surface area contributed by atoms with Crippen LogP contribution in [0.15, 0.2) is 36.4 Å². The topological polar surface area (TPSA) is 54.0 Å². The van der Waals surface area contributed by atoms with E-state index in [1.165, 1.54) is 0 Å². The fourth-order valence-corrected chi connectivity index (χ4v) is 2.04. The van der Waals surface area contributed by atoms with Gasteiger partial charge in [-0.3, -0.25) is 4.79 Å². The third-order valence-corrected chi connectivity index (χ3v) is 2.87. The molecule has 20 heavy (non-hydrogen) atoms. The van der Waals surface area contributed by atoms with Crippen LogP contribution in [-0.4, -0.2) is 17.4 Å². The smallest absolute Gasteiger partial charge is 0.256 e. The largest absolute Gasteiger partial charge is 0.385 e. The maximum atomic E-state index is 12.1. The number of amides is 1. The van der Waals surface area contributed by atoms with E-state index in [0.717, 1.165) is 23.5 Å². The maximum absolute atomic E-state index is 12.1. The molecule has 0 saturated heterocycles. The van der Waals surface area contributed by atoms with Gasteiger partial charge in [-0.25, -0.2) is 4.98 Å². The summed E-state index contributed by atoms with van der Waals surface area (Å²) in [5.74, 6) is 0.439. The summed E-state index contributed by atoms with van der Waals surface area (Å²) in [5.41, 5.74) is 3.60. The summed E-state index contributed by atoms with van der Waals surface area (Å²) in [6, 6.07) is 11.2. The summed E-state index contributed by atoms with van der Waals surface area (Å²) in [5, 5.41) is 6.02. The van der Waals surface area contributed by atoms with Crippen molar-refractivity contribution in [3.63, 3.8) is 0 Å². The Morgan fingerprint density at radius 2 is 1.85 bits per heavy atom. The highest BCUT2D eigenvalue weighted by atomic mass is 16.1. The number of aromatic nitrogens is 1. The first kappa shape index (κ1) is 14.1. The summed E-state index contributed by atoms with van der Waals surface area (Å²) in [4.78, 5) is 16.4. The van der Waals surface area contributed by atoms with Gasteiger partial charge in [-0.1, -0.05) is 0 Å². The Morgan fingerprint density at radius 3 is 2.45 bits per heavy atom. The van der Waals surface area contributed by atoms with E-state index in [9.17, 15) is 4.79 Å². The summed E-state index contributed by atoms with van der Waals surface area (Å²) in [6.07, 6.45) is 0. The van der Waals surface area contributed by atoms with Crippen LogP contribution in [0.5, 0.6) is 0 Å². The molecule has 0 radical (unpaired) electrons. The van der Waals surface area contributed by atoms with Gasteiger partial charge < -0.3 is 10.6 Å². The Morgan fingerprint density at radius 1 is 1.15 bits per heavy atom. The van der Waals surface area contributed by atoms with Crippen LogP contribution in [0.3, 0.4) is 0 Å². The molecule has 104 valence electrons. The number of carbonyl (C=O) groups excluding carboxylic acids is 1. The molecular weight excluding hydrogens is 250 g/mol. The van der Waals surface area contributed by atoms with E-state index in [4.69, 9.17) is 0 Å². The van der Waals surface area contributed by atoms with E-state index >= 15 is 0 Å². The SMILES string of the molecule is CCNc1ccc(C(=O)Nc2cc(C)cc(C)n2)cc1. The molecule has 2 rings (SSSR count). The number of aryl methyl sites for hydroxylation is 2. The number of hydrogen-bond donors (Lipinski definition) is 2. The molecule has 0 aliphatic rings. The zero-order chi connectivity index (χ0) is 14.5. The molecule has 1 heterocycles. The summed E-state index contributed by atoms with van der Waals surface area (Å²) in [6.45, 7) is 6.79. The Kier molecular flexibility index (Phi) is 4.35. The fraction of sp³-hybridized carbons (Fsp3) is 0.250. The van der Waals surface area contributed by atoms with Crippen molar-refractivity contribution in [1.82, 2.24) is 4.98 Å². The number of pyridine rings is 1. The van der Waals surface area contributed by atoms with E-state index in [1.807, 2.05) is 45.0 Å². The second-order valence-corrected chi connectivity index (χ2v) is 4.73. The fourth-order valence-electron chi connectivity index (χ4n) is 2.04. The van der Waals surface area contributed by atoms with E-state index in [2.05, 4.69) is 15.6 Å². The molecule has 4 heteroatoms. The van der Waals surface area contributed by atoms with Crippen LogP contribution in [0.2, 0.25) is 0 Å². The molecule has 0 bridgehead atoms. The highest BCUT2D eigenvalue weighted by Gasteiger charge is 2.07.